The van der Waals surface area contributed by atoms with E-state index in [1.54, 1.807) is 18.4 Å². The van der Waals surface area contributed by atoms with Gasteiger partial charge in [-0.05, 0) is 24.3 Å². The second-order valence-corrected chi connectivity index (χ2v) is 5.33. The molecule has 1 aromatic carbocycles. The van der Waals surface area contributed by atoms with Crippen LogP contribution in [0.4, 0.5) is 0 Å². The number of hydrogen-bond donors (Lipinski definition) is 3. The number of fused-ring (bicyclic) bond motifs is 1. The first-order valence-electron chi connectivity index (χ1n) is 7.70. The minimum atomic E-state index is -0.261. The van der Waals surface area contributed by atoms with E-state index in [0.29, 0.717) is 18.7 Å². The number of hydrogen-bond acceptors (Lipinski definition) is 4. The van der Waals surface area contributed by atoms with Gasteiger partial charge in [-0.2, -0.15) is 0 Å². The largest absolute Gasteiger partial charge is 0.467 e. The lowest BCUT2D eigenvalue weighted by molar-refractivity contribution is -0.126. The standard InChI is InChI=1S/C17H18N4O3/c22-16(19-11-17(23)18-10-12-4-3-9-24-12)8-7-15-20-13-5-1-2-6-14(13)21-15/h1-6,9H,7-8,10-11H2,(H,18,23)(H,19,22)(H,20,21). The highest BCUT2D eigenvalue weighted by Crippen LogP contribution is 2.11. The van der Waals surface area contributed by atoms with Gasteiger partial charge in [0.05, 0.1) is 30.4 Å². The van der Waals surface area contributed by atoms with Gasteiger partial charge >= 0.3 is 0 Å². The highest BCUT2D eigenvalue weighted by Gasteiger charge is 2.08. The SMILES string of the molecule is O=C(CCc1nc2ccccc2[nH]1)NCC(=O)NCc1ccco1. The number of nitrogens with zero attached hydrogens (tertiary/aromatic N) is 1. The summed E-state index contributed by atoms with van der Waals surface area (Å²) < 4.78 is 5.11. The number of furan rings is 1. The van der Waals surface area contributed by atoms with Crippen molar-refractivity contribution in [3.63, 3.8) is 0 Å². The van der Waals surface area contributed by atoms with E-state index in [0.717, 1.165) is 16.9 Å². The number of aromatic amines is 1. The fourth-order valence-electron chi connectivity index (χ4n) is 2.28. The predicted molar refractivity (Wildman–Crippen MR) is 88.0 cm³/mol. The molecule has 2 heterocycles. The van der Waals surface area contributed by atoms with Crippen molar-refractivity contribution in [2.75, 3.05) is 6.54 Å². The topological polar surface area (TPSA) is 100 Å². The Morgan fingerprint density at radius 3 is 2.75 bits per heavy atom. The Bertz CT molecular complexity index is 790. The molecule has 2 aromatic heterocycles. The number of H-pyrrole nitrogens is 1. The Hall–Kier alpha value is -3.09. The Kier molecular flexibility index (Phi) is 4.90. The zero-order valence-electron chi connectivity index (χ0n) is 13.0. The molecule has 0 radical (unpaired) electrons. The molecule has 0 spiro atoms. The molecule has 3 rings (SSSR count). The number of carbonyl (C=O) groups excluding carboxylic acids is 2. The van der Waals surface area contributed by atoms with Crippen LogP contribution in [-0.4, -0.2) is 28.3 Å². The summed E-state index contributed by atoms with van der Waals surface area (Å²) >= 11 is 0. The number of carbonyl (C=O) groups is 2. The van der Waals surface area contributed by atoms with Crippen LogP contribution in [0.5, 0.6) is 0 Å². The molecule has 2 amide bonds. The molecule has 0 fully saturated rings. The summed E-state index contributed by atoms with van der Waals surface area (Å²) in [7, 11) is 0. The molecule has 0 saturated heterocycles. The van der Waals surface area contributed by atoms with Crippen molar-refractivity contribution >= 4 is 22.8 Å². The third-order valence-corrected chi connectivity index (χ3v) is 3.51. The highest BCUT2D eigenvalue weighted by atomic mass is 16.3. The van der Waals surface area contributed by atoms with Crippen molar-refractivity contribution in [2.24, 2.45) is 0 Å². The number of para-hydroxylation sites is 2. The number of aromatic nitrogens is 2. The summed E-state index contributed by atoms with van der Waals surface area (Å²) in [4.78, 5) is 31.0. The fourth-order valence-corrected chi connectivity index (χ4v) is 2.28. The Balaban J connectivity index is 1.38. The van der Waals surface area contributed by atoms with Crippen molar-refractivity contribution in [3.05, 3.63) is 54.2 Å². The van der Waals surface area contributed by atoms with Crippen LogP contribution in [0.2, 0.25) is 0 Å². The van der Waals surface area contributed by atoms with Gasteiger partial charge in [0.25, 0.3) is 0 Å². The van der Waals surface area contributed by atoms with Crippen molar-refractivity contribution in [2.45, 2.75) is 19.4 Å². The van der Waals surface area contributed by atoms with Crippen LogP contribution in [-0.2, 0) is 22.6 Å². The van der Waals surface area contributed by atoms with Gasteiger partial charge in [-0.3, -0.25) is 9.59 Å². The minimum Gasteiger partial charge on any atom is -0.467 e. The van der Waals surface area contributed by atoms with E-state index in [2.05, 4.69) is 20.6 Å². The molecular formula is C17H18N4O3. The summed E-state index contributed by atoms with van der Waals surface area (Å²) in [5.74, 6) is 0.972. The average molecular weight is 326 g/mol. The van der Waals surface area contributed by atoms with Gasteiger partial charge in [-0.1, -0.05) is 12.1 Å². The first-order valence-corrected chi connectivity index (χ1v) is 7.70. The van der Waals surface area contributed by atoms with Gasteiger partial charge in [-0.25, -0.2) is 4.98 Å². The summed E-state index contributed by atoms with van der Waals surface area (Å²) in [5, 5.41) is 5.26. The quantitative estimate of drug-likeness (QED) is 0.613. The van der Waals surface area contributed by atoms with Crippen LogP contribution in [0.25, 0.3) is 11.0 Å². The second kappa shape index (κ2) is 7.45. The summed E-state index contributed by atoms with van der Waals surface area (Å²) in [5.41, 5.74) is 1.83. The molecule has 24 heavy (non-hydrogen) atoms. The van der Waals surface area contributed by atoms with E-state index in [9.17, 15) is 9.59 Å². The number of benzene rings is 1. The van der Waals surface area contributed by atoms with Gasteiger partial charge in [0.1, 0.15) is 11.6 Å². The van der Waals surface area contributed by atoms with Crippen LogP contribution < -0.4 is 10.6 Å². The lowest BCUT2D eigenvalue weighted by Gasteiger charge is -2.05. The zero-order chi connectivity index (χ0) is 16.8. The zero-order valence-corrected chi connectivity index (χ0v) is 13.0. The molecule has 0 atom stereocenters. The number of nitrogens with one attached hydrogen (secondary N) is 3. The second-order valence-electron chi connectivity index (χ2n) is 5.33. The van der Waals surface area contributed by atoms with Crippen molar-refractivity contribution in [1.82, 2.24) is 20.6 Å². The number of imidazole rings is 1. The van der Waals surface area contributed by atoms with E-state index in [1.165, 1.54) is 0 Å². The fraction of sp³-hybridized carbons (Fsp3) is 0.235. The molecular weight excluding hydrogens is 308 g/mol. The van der Waals surface area contributed by atoms with Crippen LogP contribution in [0.1, 0.15) is 18.0 Å². The molecule has 0 bridgehead atoms. The Morgan fingerprint density at radius 2 is 1.96 bits per heavy atom. The molecule has 0 aliphatic carbocycles. The van der Waals surface area contributed by atoms with Crippen LogP contribution in [0.15, 0.2) is 47.1 Å². The summed E-state index contributed by atoms with van der Waals surface area (Å²) in [6.07, 6.45) is 2.31. The number of rotatable bonds is 7. The van der Waals surface area contributed by atoms with Gasteiger partial charge in [-0.15, -0.1) is 0 Å². The monoisotopic (exact) mass is 326 g/mol. The maximum Gasteiger partial charge on any atom is 0.239 e. The Labute approximate surface area is 138 Å². The van der Waals surface area contributed by atoms with Crippen molar-refractivity contribution < 1.29 is 14.0 Å². The molecule has 0 saturated carbocycles. The molecule has 7 nitrogen and oxygen atoms in total. The first kappa shape index (κ1) is 15.8. The molecule has 0 unspecified atom stereocenters. The average Bonchev–Trinajstić information content (AvgIpc) is 3.25. The maximum absolute atomic E-state index is 11.8. The number of aryl methyl sites for hydroxylation is 1. The normalized spacial score (nSPS) is 10.7. The maximum atomic E-state index is 11.8. The van der Waals surface area contributed by atoms with Gasteiger partial charge in [0, 0.05) is 12.8 Å². The van der Waals surface area contributed by atoms with Crippen molar-refractivity contribution in [3.8, 4) is 0 Å². The molecule has 0 aliphatic heterocycles. The van der Waals surface area contributed by atoms with Gasteiger partial charge in [0.2, 0.25) is 11.8 Å². The van der Waals surface area contributed by atoms with Crippen LogP contribution in [0.3, 0.4) is 0 Å². The van der Waals surface area contributed by atoms with E-state index < -0.39 is 0 Å². The third-order valence-electron chi connectivity index (χ3n) is 3.51. The summed E-state index contributed by atoms with van der Waals surface area (Å²) in [6.45, 7) is 0.250. The van der Waals surface area contributed by atoms with Crippen molar-refractivity contribution in [1.29, 1.82) is 0 Å². The lowest BCUT2D eigenvalue weighted by atomic mass is 10.3. The first-order chi connectivity index (χ1) is 11.7. The molecule has 3 N–H and O–H groups in total. The van der Waals surface area contributed by atoms with Gasteiger partial charge in [0.15, 0.2) is 0 Å². The Morgan fingerprint density at radius 1 is 1.08 bits per heavy atom. The van der Waals surface area contributed by atoms with E-state index >= 15 is 0 Å². The predicted octanol–water partition coefficient (Wildman–Crippen LogP) is 1.52. The molecule has 3 aromatic rings. The van der Waals surface area contributed by atoms with E-state index in [-0.39, 0.29) is 24.8 Å². The summed E-state index contributed by atoms with van der Waals surface area (Å²) in [6, 6.07) is 11.2. The highest BCUT2D eigenvalue weighted by molar-refractivity contribution is 5.84. The molecule has 124 valence electrons. The molecule has 7 heteroatoms. The van der Waals surface area contributed by atoms with E-state index in [1.807, 2.05) is 24.3 Å². The third kappa shape index (κ3) is 4.22. The van der Waals surface area contributed by atoms with Gasteiger partial charge < -0.3 is 20.0 Å². The smallest absolute Gasteiger partial charge is 0.239 e. The minimum absolute atomic E-state index is 0.0559. The molecule has 0 aliphatic rings. The van der Waals surface area contributed by atoms with E-state index in [4.69, 9.17) is 4.42 Å². The lowest BCUT2D eigenvalue weighted by Crippen LogP contribution is -2.36. The van der Waals surface area contributed by atoms with Crippen LogP contribution >= 0.6 is 0 Å². The number of amides is 2. The van der Waals surface area contributed by atoms with Crippen LogP contribution in [0, 0.1) is 0 Å².